The molecule has 7 amide bonds. The van der Waals surface area contributed by atoms with Gasteiger partial charge in [0.05, 0.1) is 38.3 Å². The molecule has 1 aromatic heterocycles. The fourth-order valence-electron chi connectivity index (χ4n) is 21.8. The molecule has 3 saturated carbocycles. The molecule has 9 aromatic carbocycles. The van der Waals surface area contributed by atoms with E-state index in [-0.39, 0.29) is 103 Å². The van der Waals surface area contributed by atoms with Gasteiger partial charge in [-0.3, -0.25) is 72.6 Å². The van der Waals surface area contributed by atoms with Gasteiger partial charge in [0.1, 0.15) is 22.8 Å². The van der Waals surface area contributed by atoms with Crippen molar-refractivity contribution in [2.24, 2.45) is 70.5 Å². The molecule has 0 bridgehead atoms. The van der Waals surface area contributed by atoms with Crippen LogP contribution < -0.4 is 39.3 Å². The Balaban J connectivity index is 0.000000140. The van der Waals surface area contributed by atoms with Gasteiger partial charge in [-0.2, -0.15) is 0 Å². The summed E-state index contributed by atoms with van der Waals surface area (Å²) in [6.07, 6.45) is 27.8. The molecule has 0 radical (unpaired) electrons. The molecule has 19 rings (SSSR count). The number of carbonyl (C=O) groups is 9. The largest absolute Gasteiger partial charge is 0.472 e. The zero-order chi connectivity index (χ0) is 105. The number of aliphatic hydroxyl groups excluding tert-OH is 1. The number of ketones is 2. The highest BCUT2D eigenvalue weighted by Gasteiger charge is 2.56. The third-order valence-corrected chi connectivity index (χ3v) is 29.6. The molecular weight excluding hydrogens is 1870 g/mol. The summed E-state index contributed by atoms with van der Waals surface area (Å²) in [6, 6.07) is 81.3. The molecule has 2 unspecified atom stereocenters. The van der Waals surface area contributed by atoms with Crippen LogP contribution in [0.25, 0.3) is 11.1 Å². The first-order valence-electron chi connectivity index (χ1n) is 52.3. The summed E-state index contributed by atoms with van der Waals surface area (Å²) in [5.41, 5.74) is 36.6. The first-order valence-corrected chi connectivity index (χ1v) is 52.3. The quantitative estimate of drug-likeness (QED) is 0.0174. The van der Waals surface area contributed by atoms with Crippen LogP contribution in [0, 0.1) is 11.8 Å². The van der Waals surface area contributed by atoms with Crippen molar-refractivity contribution in [1.82, 2.24) is 40.0 Å². The van der Waals surface area contributed by atoms with E-state index in [4.69, 9.17) is 48.2 Å². The molecule has 7 heterocycles. The Hall–Kier alpha value is -15.4. The molecular formula is C119H139N19O11. The summed E-state index contributed by atoms with van der Waals surface area (Å²) < 4.78 is 5.18. The molecule has 6 atom stereocenters. The lowest BCUT2D eigenvalue weighted by atomic mass is 9.74. The lowest BCUT2D eigenvalue weighted by Crippen LogP contribution is -2.46. The fourth-order valence-corrected chi connectivity index (χ4v) is 21.8. The van der Waals surface area contributed by atoms with E-state index in [9.17, 15) is 43.2 Å². The standard InChI is InChI=1S/C27H31N5O2.C25H24N4O3.C24H40N4O2.C23H27N3O2.C20H17N3O2/c1-3-15-31(16-4-2)24(33)23-17-20(18-29-23)19-32-25(34)27(30-26(32)28,21-11-7-5-8-12-21)22-13-9-6-10-14-22;26-24-28-25(20-10-3-1-4-11-20,21-12-5-2-6-13-21)23(32)29(24)17-18-8-7-9-19(16-18)22(31)27-14-15-30;1-28-22(30)24(27-23(28)25,14-13-17-7-3-2-4-8-17)16-18-9-5-10-19(15-18)26-20-11-6-12-21(20)29;1-3-4-6-14-20(27)16-17-10-9-13-19(15-17)23(18-11-7-5-8-12-18)21(28)26(2)22(24)25-23;1-23-18(24)20(22-19(23)21,16-7-3-2-4-8-16)17-9-5-6-14(12-17)15-10-11-25-13-15/h5-14,18H,3-4,15-17,19H2,1-2H3,(H2,28,30);1-13,16,30H,14-15,17H2,(H2,26,28)(H,27,31);17-20,26H,2-16H2,1H3,(H2,25,27);5,7-13,15H,3-4,6,14,16H2,1-2H3,(H2,24,25);2-13H,1H3,(H2,21,22)/t;;18-,19+,20-,24+;;/m..0../s1. The molecule has 0 saturated heterocycles. The van der Waals surface area contributed by atoms with Crippen LogP contribution >= 0.6 is 0 Å². The SMILES string of the molecule is CCCCCC(=O)Cc1cccc(C2(c3ccccc3)N=C(N)N(C)C2=O)c1.CCCN(CCC)C(=O)C1=NC=C(CN2C(=O)C(c3ccccc3)(c3ccccc3)N=C2N)C1.CN1C(=O)C(c2ccccc2)(c2cccc(-c3ccoc3)c2)N=C1N.CN1C(=O)[C@@](CCC2CCCCC2)(C[C@H]2CCC[C@@H](N[C@H]3CCCC3=O)C2)N=C1N.NC1=NC(c2ccccc2)(c2ccccc2)C(=O)N1Cc1cccc(C(=O)NCCO)c1. The molecule has 9 aliphatic rings. The Bertz CT molecular complexity index is 6530. The molecule has 10 aromatic rings. The molecule has 6 aliphatic heterocycles. The van der Waals surface area contributed by atoms with Crippen molar-refractivity contribution in [3.8, 4) is 11.1 Å². The molecule has 0 spiro atoms. The number of benzene rings is 9. The lowest BCUT2D eigenvalue weighted by Gasteiger charge is -2.36. The number of Topliss-reactive ketones (excluding diaryl/α,β-unsaturated/α-hetero) is 2. The van der Waals surface area contributed by atoms with Gasteiger partial charge in [-0.25, -0.2) is 25.0 Å². The number of hydrogen-bond donors (Lipinski definition) is 8. The van der Waals surface area contributed by atoms with Gasteiger partial charge in [-0.05, 0) is 167 Å². The maximum atomic E-state index is 13.9. The average molecular weight is 2010 g/mol. The van der Waals surface area contributed by atoms with E-state index in [1.807, 2.05) is 248 Å². The number of carbonyl (C=O) groups excluding carboxylic acids is 9. The number of amides is 7. The second kappa shape index (κ2) is 49.4. The van der Waals surface area contributed by atoms with Crippen molar-refractivity contribution in [2.75, 3.05) is 53.9 Å². The molecule has 3 fully saturated rings. The van der Waals surface area contributed by atoms with E-state index >= 15 is 0 Å². The summed E-state index contributed by atoms with van der Waals surface area (Å²) in [7, 11) is 5.04. The Morgan fingerprint density at radius 3 is 1.42 bits per heavy atom. The predicted molar refractivity (Wildman–Crippen MR) is 582 cm³/mol. The number of furan rings is 1. The minimum Gasteiger partial charge on any atom is -0.472 e. The lowest BCUT2D eigenvalue weighted by molar-refractivity contribution is -0.132. The molecule has 149 heavy (non-hydrogen) atoms. The maximum absolute atomic E-state index is 13.9. The molecule has 13 N–H and O–H groups in total. The number of rotatable bonds is 34. The number of nitrogens with one attached hydrogen (secondary N) is 2. The Morgan fingerprint density at radius 1 is 0.463 bits per heavy atom. The van der Waals surface area contributed by atoms with Crippen molar-refractivity contribution in [3.63, 3.8) is 0 Å². The molecule has 3 aliphatic carbocycles. The minimum absolute atomic E-state index is 0.0349. The van der Waals surface area contributed by atoms with Gasteiger partial charge in [-0.15, -0.1) is 0 Å². The Morgan fingerprint density at radius 2 is 0.940 bits per heavy atom. The van der Waals surface area contributed by atoms with Crippen LogP contribution in [-0.2, 0) is 73.5 Å². The van der Waals surface area contributed by atoms with Gasteiger partial charge in [0.2, 0.25) is 0 Å². The van der Waals surface area contributed by atoms with Crippen molar-refractivity contribution in [2.45, 2.75) is 215 Å². The van der Waals surface area contributed by atoms with Gasteiger partial charge in [-0.1, -0.05) is 315 Å². The topological polar surface area (TPSA) is 435 Å². The van der Waals surface area contributed by atoms with Gasteiger partial charge in [0.25, 0.3) is 41.4 Å². The number of nitrogens with zero attached hydrogens (tertiary/aromatic N) is 12. The number of nitrogens with two attached hydrogens (primary N) is 5. The van der Waals surface area contributed by atoms with E-state index in [0.717, 1.165) is 175 Å². The van der Waals surface area contributed by atoms with E-state index < -0.39 is 27.7 Å². The number of unbranched alkanes of at least 4 members (excludes halogenated alkanes) is 2. The van der Waals surface area contributed by atoms with E-state index in [0.29, 0.717) is 67.3 Å². The number of aliphatic imine (C=N–C) groups is 6. The van der Waals surface area contributed by atoms with Crippen LogP contribution in [-0.4, -0.2) is 194 Å². The van der Waals surface area contributed by atoms with E-state index in [1.165, 1.54) is 51.7 Å². The van der Waals surface area contributed by atoms with E-state index in [1.54, 1.807) is 63.0 Å². The van der Waals surface area contributed by atoms with Crippen LogP contribution in [0.2, 0.25) is 0 Å². The highest BCUT2D eigenvalue weighted by atomic mass is 16.3. The van der Waals surface area contributed by atoms with Crippen LogP contribution in [0.4, 0.5) is 0 Å². The molecule has 30 nitrogen and oxygen atoms in total. The normalized spacial score (nSPS) is 21.2. The smallest absolute Gasteiger partial charge is 0.268 e. The van der Waals surface area contributed by atoms with Crippen LogP contribution in [0.1, 0.15) is 228 Å². The number of likely N-dealkylation sites (N-methyl/N-ethyl adjacent to an activating group) is 3. The summed E-state index contributed by atoms with van der Waals surface area (Å²) in [6.45, 7) is 8.12. The summed E-state index contributed by atoms with van der Waals surface area (Å²) >= 11 is 0. The van der Waals surface area contributed by atoms with Crippen LogP contribution in [0.5, 0.6) is 0 Å². The second-order valence-electron chi connectivity index (χ2n) is 39.8. The highest BCUT2D eigenvalue weighted by Crippen LogP contribution is 2.47. The fraction of sp³-hybridized carbons (Fsp3) is 0.370. The second-order valence-corrected chi connectivity index (χ2v) is 39.8. The van der Waals surface area contributed by atoms with Crippen molar-refractivity contribution >= 4 is 88.4 Å². The predicted octanol–water partition coefficient (Wildman–Crippen LogP) is 15.4. The van der Waals surface area contributed by atoms with Crippen molar-refractivity contribution < 1.29 is 52.7 Å². The zero-order valence-corrected chi connectivity index (χ0v) is 86.2. The minimum atomic E-state index is -1.26. The number of hydrogen-bond acceptors (Lipinski definition) is 23. The highest BCUT2D eigenvalue weighted by molar-refractivity contribution is 6.40. The van der Waals surface area contributed by atoms with Gasteiger partial charge < -0.3 is 53.7 Å². The summed E-state index contributed by atoms with van der Waals surface area (Å²) in [4.78, 5) is 154. The van der Waals surface area contributed by atoms with E-state index in [2.05, 4.69) is 51.4 Å². The van der Waals surface area contributed by atoms with Crippen molar-refractivity contribution in [1.29, 1.82) is 0 Å². The first kappa shape index (κ1) is 108. The Kier molecular flexibility index (Phi) is 35.7. The van der Waals surface area contributed by atoms with Crippen LogP contribution in [0.15, 0.2) is 320 Å². The maximum Gasteiger partial charge on any atom is 0.268 e. The van der Waals surface area contributed by atoms with Crippen LogP contribution in [0.3, 0.4) is 0 Å². The molecule has 776 valence electrons. The van der Waals surface area contributed by atoms with Gasteiger partial charge in [0, 0.05) is 89.8 Å². The Labute approximate surface area is 872 Å². The third-order valence-electron chi connectivity index (χ3n) is 29.6. The molecule has 30 heteroatoms. The monoisotopic (exact) mass is 2010 g/mol. The van der Waals surface area contributed by atoms with Gasteiger partial charge >= 0.3 is 0 Å². The summed E-state index contributed by atoms with van der Waals surface area (Å²) in [5, 5.41) is 15.2. The number of aliphatic hydroxyl groups is 1. The summed E-state index contributed by atoms with van der Waals surface area (Å²) in [5.74, 6) is 1.82. The average Bonchev–Trinajstić information content (AvgIpc) is 1.60. The third kappa shape index (κ3) is 23.9. The number of guanidine groups is 5. The van der Waals surface area contributed by atoms with Gasteiger partial charge in [0.15, 0.2) is 52.0 Å². The first-order chi connectivity index (χ1) is 72.1. The van der Waals surface area contributed by atoms with Crippen molar-refractivity contribution in [3.05, 3.63) is 346 Å². The zero-order valence-electron chi connectivity index (χ0n) is 86.2.